The van der Waals surface area contributed by atoms with Crippen LogP contribution in [0.1, 0.15) is 133 Å². The van der Waals surface area contributed by atoms with Gasteiger partial charge >= 0.3 is 0 Å². The number of nitro benzene ring substituents is 4. The summed E-state index contributed by atoms with van der Waals surface area (Å²) in [6.45, 7) is 18.2. The number of aromatic nitrogens is 6. The van der Waals surface area contributed by atoms with Gasteiger partial charge in [0.2, 0.25) is 0 Å². The second-order valence-corrected chi connectivity index (χ2v) is 44.6. The number of alkyl halides is 4. The quantitative estimate of drug-likeness (QED) is 0.0202. The van der Waals surface area contributed by atoms with E-state index in [-0.39, 0.29) is 50.9 Å². The van der Waals surface area contributed by atoms with Crippen LogP contribution in [0, 0.1) is 127 Å². The lowest BCUT2D eigenvalue weighted by atomic mass is 10.0. The molecule has 0 saturated carbocycles. The Labute approximate surface area is 805 Å². The van der Waals surface area contributed by atoms with Crippen LogP contribution in [0.2, 0.25) is 0 Å². The fourth-order valence-corrected chi connectivity index (χ4v) is 16.7. The van der Waals surface area contributed by atoms with E-state index >= 15 is 0 Å². The van der Waals surface area contributed by atoms with Crippen molar-refractivity contribution >= 4 is 191 Å². The highest BCUT2D eigenvalue weighted by Crippen LogP contribution is 2.38. The van der Waals surface area contributed by atoms with Crippen LogP contribution in [0.15, 0.2) is 231 Å². The molecule has 6 aromatic heterocycles. The summed E-state index contributed by atoms with van der Waals surface area (Å²) in [5, 5.41) is 84.6. The molecular formula is C100H89ClI3N17O11. The van der Waals surface area contributed by atoms with E-state index < -0.39 is 14.8 Å². The number of nitrogens with one attached hydrogen (secondary N) is 2. The molecule has 132 heavy (non-hydrogen) atoms. The van der Waals surface area contributed by atoms with Crippen molar-refractivity contribution in [3.8, 4) is 47.0 Å². The predicted octanol–water partition coefficient (Wildman–Crippen LogP) is 24.1. The SMILES string of the molecule is CC(I)(I)I.Cc1c(C(=O)CCl)c2cc([N+](=O)[O-])ccc2n1-c1ccc(C#N)cc1.Cc1c(C(=O)CN2CCCCC2)c2cc(N)ccc2n1-c1ccc(C#N)cc1.Cc1c(C(=O)CN2CCCCC2)c2cc([N+](=O)[O-])ccc2n1-c1ccc(C#N)cc1.Cc1cc2cc([N+](=O)[O-])ccc2[nH]1.Cc1cc2cc([N+](=O)[O-])ccc2n1-c1ccc(C#N)cc1.Cc1cc2ccccc2[nH]1. The van der Waals surface area contributed by atoms with Crippen LogP contribution in [0.4, 0.5) is 28.4 Å². The second-order valence-electron chi connectivity index (χ2n) is 31.7. The van der Waals surface area contributed by atoms with Crippen molar-refractivity contribution in [2.75, 3.05) is 50.9 Å². The number of Topliss-reactive ketones (excluding diaryl/α,β-unsaturated/α-hetero) is 3. The number of carbonyl (C=O) groups is 3. The first-order valence-electron chi connectivity index (χ1n) is 41.9. The molecule has 0 atom stereocenters. The van der Waals surface area contributed by atoms with Crippen molar-refractivity contribution < 1.29 is 34.1 Å². The van der Waals surface area contributed by atoms with Gasteiger partial charge in [-0.15, -0.1) is 11.6 Å². The summed E-state index contributed by atoms with van der Waals surface area (Å²) >= 11 is 12.8. The molecule has 18 rings (SSSR count). The average molecular weight is 2120 g/mol. The molecule has 0 unspecified atom stereocenters. The topological polar surface area (TPSA) is 403 Å². The molecule has 8 heterocycles. The van der Waals surface area contributed by atoms with Crippen molar-refractivity contribution in [3.63, 3.8) is 0 Å². The number of ketones is 3. The first-order valence-corrected chi connectivity index (χ1v) is 45.7. The molecule has 0 radical (unpaired) electrons. The van der Waals surface area contributed by atoms with E-state index in [1.165, 1.54) is 65.8 Å². The number of benzene rings is 10. The molecule has 0 bridgehead atoms. The highest BCUT2D eigenvalue weighted by atomic mass is 127. The van der Waals surface area contributed by atoms with E-state index in [4.69, 9.17) is 38.4 Å². The van der Waals surface area contributed by atoms with Crippen LogP contribution < -0.4 is 5.73 Å². The van der Waals surface area contributed by atoms with E-state index in [9.17, 15) is 54.8 Å². The number of nitrogen functional groups attached to an aromatic ring is 1. The number of hydrogen-bond donors (Lipinski definition) is 3. The Balaban J connectivity index is 0.000000145. The number of nitriles is 4. The number of non-ortho nitro benzene ring substituents is 4. The number of para-hydroxylation sites is 1. The maximum atomic E-state index is 13.3. The monoisotopic (exact) mass is 2120 g/mol. The standard InChI is InChI=1S/C23H22N4O3.C23H24N4O.C18H12ClN3O3.C16H11N3O2.C9H8N2O2.C9H9N.C2H3I3/c1-16-23(22(28)15-25-11-3-2-4-12-25)20-13-19(27(29)30)9-10-21(20)26(16)18-7-5-17(14-24)6-8-18;1-16-23(22(28)15-26-11-3-2-4-12-26)20-13-18(25)7-10-21(20)27(16)19-8-5-17(14-24)6-9-19;1-11-18(17(23)9-19)15-8-14(22(24)25)6-7-16(15)21(11)13-4-2-12(10-20)3-5-13;1-11-8-13-9-15(19(20)21)6-7-16(13)18(11)14-4-2-12(10-17)3-5-14;1-6-4-7-5-8(11(12)13)2-3-9(7)10-6;1-7-6-8-4-2-3-5-9(8)10-7;1-2(3,4)5/h5-10,13H,2-4,11-12,15H2,1H3;5-10,13H,2-4,11-12,15,25H2,1H3;2-8H,9H2,1H3;2-9H,1H3;2-5,10H,1H3;2-6,10H,1H3;1H3. The van der Waals surface area contributed by atoms with Crippen LogP contribution >= 0.6 is 79.4 Å². The van der Waals surface area contributed by atoms with Gasteiger partial charge in [0.25, 0.3) is 22.7 Å². The number of rotatable bonds is 16. The van der Waals surface area contributed by atoms with E-state index in [1.807, 2.05) is 114 Å². The molecule has 0 aliphatic carbocycles. The van der Waals surface area contributed by atoms with E-state index in [0.717, 1.165) is 141 Å². The largest absolute Gasteiger partial charge is 0.399 e. The number of aryl methyl sites for hydroxylation is 3. The summed E-state index contributed by atoms with van der Waals surface area (Å²) in [7, 11) is 0. The number of nitro groups is 4. The molecule has 2 aliphatic heterocycles. The average Bonchev–Trinajstić information content (AvgIpc) is 1.61. The zero-order chi connectivity index (χ0) is 94.9. The molecule has 2 fully saturated rings. The van der Waals surface area contributed by atoms with Gasteiger partial charge in [-0.2, -0.15) is 21.0 Å². The van der Waals surface area contributed by atoms with Gasteiger partial charge in [0.1, 0.15) is -0.565 Å². The summed E-state index contributed by atoms with van der Waals surface area (Å²) in [6, 6.07) is 75.7. The number of halogens is 4. The molecule has 4 N–H and O–H groups in total. The van der Waals surface area contributed by atoms with Gasteiger partial charge in [-0.05, 0) is 270 Å². The minimum absolute atomic E-state index is 0.0210. The van der Waals surface area contributed by atoms with Crippen molar-refractivity contribution in [2.45, 2.75) is 86.4 Å². The maximum absolute atomic E-state index is 13.3. The van der Waals surface area contributed by atoms with Gasteiger partial charge in [0.15, 0.2) is 17.3 Å². The molecule has 16 aromatic rings. The Bertz CT molecular complexity index is 7210. The van der Waals surface area contributed by atoms with Crippen LogP contribution in [-0.4, -0.2) is 120 Å². The number of piperidine rings is 2. The molecule has 32 heteroatoms. The van der Waals surface area contributed by atoms with Crippen LogP contribution in [0.3, 0.4) is 0 Å². The Morgan fingerprint density at radius 2 is 0.712 bits per heavy atom. The smallest absolute Gasteiger partial charge is 0.270 e. The lowest BCUT2D eigenvalue weighted by Crippen LogP contribution is -2.34. The number of nitrogens with zero attached hydrogens (tertiary/aromatic N) is 14. The molecule has 668 valence electrons. The number of anilines is 1. The zero-order valence-corrected chi connectivity index (χ0v) is 80.2. The van der Waals surface area contributed by atoms with E-state index in [2.05, 4.69) is 154 Å². The van der Waals surface area contributed by atoms with Gasteiger partial charge in [-0.3, -0.25) is 64.6 Å². The number of likely N-dealkylation sites (tertiary alicyclic amines) is 2. The van der Waals surface area contributed by atoms with Gasteiger partial charge in [0, 0.05) is 166 Å². The third kappa shape index (κ3) is 23.5. The van der Waals surface area contributed by atoms with Crippen molar-refractivity contribution in [1.82, 2.24) is 38.0 Å². The minimum atomic E-state index is -0.497. The van der Waals surface area contributed by atoms with Crippen LogP contribution in [-0.2, 0) is 0 Å². The summed E-state index contributed by atoms with van der Waals surface area (Å²) in [5.41, 5.74) is 25.1. The van der Waals surface area contributed by atoms with E-state index in [0.29, 0.717) is 73.6 Å². The third-order valence-electron chi connectivity index (χ3n) is 22.4. The summed E-state index contributed by atoms with van der Waals surface area (Å²) in [5.74, 6) is -0.387. The maximum Gasteiger partial charge on any atom is 0.270 e. The Hall–Kier alpha value is -13.8. The fraction of sp³-hybridized carbons (Fsp3) is 0.210. The molecule has 10 aromatic carbocycles. The Kier molecular flexibility index (Phi) is 32.2. The number of aromatic amines is 2. The van der Waals surface area contributed by atoms with Gasteiger partial charge in [-0.1, -0.05) is 98.8 Å². The number of hydrogen-bond acceptors (Lipinski definition) is 18. The zero-order valence-electron chi connectivity index (χ0n) is 73.0. The number of carbonyl (C=O) groups excluding carboxylic acids is 3. The first kappa shape index (κ1) is 97.3. The van der Waals surface area contributed by atoms with Crippen molar-refractivity contribution in [3.05, 3.63) is 344 Å². The number of nitrogens with two attached hydrogens (primary N) is 1. The predicted molar refractivity (Wildman–Crippen MR) is 543 cm³/mol. The van der Waals surface area contributed by atoms with Crippen LogP contribution in [0.5, 0.6) is 0 Å². The van der Waals surface area contributed by atoms with Crippen LogP contribution in [0.25, 0.3) is 88.2 Å². The second kappa shape index (κ2) is 43.8. The highest BCUT2D eigenvalue weighted by molar-refractivity contribution is 14.3. The Morgan fingerprint density at radius 1 is 0.394 bits per heavy atom. The number of H-pyrrole nitrogens is 2. The lowest BCUT2D eigenvalue weighted by Gasteiger charge is -2.25. The van der Waals surface area contributed by atoms with Crippen molar-refractivity contribution in [2.24, 2.45) is 0 Å². The van der Waals surface area contributed by atoms with Crippen molar-refractivity contribution in [1.29, 1.82) is 21.0 Å². The van der Waals surface area contributed by atoms with Gasteiger partial charge < -0.3 is 34.0 Å². The molecule has 2 aliphatic rings. The summed E-state index contributed by atoms with van der Waals surface area (Å²) in [4.78, 5) is 91.7. The Morgan fingerprint density at radius 3 is 1.08 bits per heavy atom. The highest BCUT2D eigenvalue weighted by Gasteiger charge is 2.29. The molecule has 0 amide bonds. The minimum Gasteiger partial charge on any atom is -0.399 e. The molecule has 2 saturated heterocycles. The number of fused-ring (bicyclic) bond motifs is 6. The summed E-state index contributed by atoms with van der Waals surface area (Å²) in [6.07, 6.45) is 6.93. The van der Waals surface area contributed by atoms with E-state index in [1.54, 1.807) is 104 Å². The molecule has 28 nitrogen and oxygen atoms in total. The summed E-state index contributed by atoms with van der Waals surface area (Å²) < 4.78 is 8.27. The fourth-order valence-electron chi connectivity index (χ4n) is 16.5. The van der Waals surface area contributed by atoms with Gasteiger partial charge in [-0.25, -0.2) is 0 Å². The lowest BCUT2D eigenvalue weighted by molar-refractivity contribution is -0.384. The normalized spacial score (nSPS) is 12.4. The first-order chi connectivity index (χ1) is 63.2. The molecular weight excluding hydrogens is 2030 g/mol. The molecule has 0 spiro atoms. The van der Waals surface area contributed by atoms with Gasteiger partial charge in [0.05, 0.1) is 107 Å². The third-order valence-corrected chi connectivity index (χ3v) is 22.7.